The van der Waals surface area contributed by atoms with Gasteiger partial charge in [0.1, 0.15) is 12.4 Å². The van der Waals surface area contributed by atoms with Gasteiger partial charge in [0.05, 0.1) is 14.2 Å². The molecule has 124 valence electrons. The van der Waals surface area contributed by atoms with Crippen LogP contribution < -0.4 is 19.5 Å². The molecule has 2 rings (SSSR count). The SMILES string of the molecule is COc1cc(Cl)c(CNCCOc2ccc(C)cc2)cc1OC. The van der Waals surface area contributed by atoms with Gasteiger partial charge >= 0.3 is 0 Å². The number of aryl methyl sites for hydroxylation is 1. The highest BCUT2D eigenvalue weighted by atomic mass is 35.5. The van der Waals surface area contributed by atoms with Crippen LogP contribution in [0.3, 0.4) is 0 Å². The molecule has 1 N–H and O–H groups in total. The van der Waals surface area contributed by atoms with Crippen molar-refractivity contribution in [2.24, 2.45) is 0 Å². The highest BCUT2D eigenvalue weighted by Crippen LogP contribution is 2.32. The zero-order valence-electron chi connectivity index (χ0n) is 13.7. The van der Waals surface area contributed by atoms with Crippen molar-refractivity contribution >= 4 is 11.6 Å². The average molecular weight is 336 g/mol. The highest BCUT2D eigenvalue weighted by molar-refractivity contribution is 6.31. The van der Waals surface area contributed by atoms with Crippen LogP contribution in [0.1, 0.15) is 11.1 Å². The standard InChI is InChI=1S/C18H22ClNO3/c1-13-4-6-15(7-5-13)23-9-8-20-12-14-10-17(21-2)18(22-3)11-16(14)19/h4-7,10-11,20H,8-9,12H2,1-3H3. The molecule has 0 fully saturated rings. The van der Waals surface area contributed by atoms with Crippen molar-refractivity contribution < 1.29 is 14.2 Å². The molecule has 23 heavy (non-hydrogen) atoms. The van der Waals surface area contributed by atoms with Crippen molar-refractivity contribution in [1.82, 2.24) is 5.32 Å². The summed E-state index contributed by atoms with van der Waals surface area (Å²) in [5, 5.41) is 3.95. The Kier molecular flexibility index (Phi) is 6.56. The lowest BCUT2D eigenvalue weighted by molar-refractivity contribution is 0.313. The molecule has 0 atom stereocenters. The first-order valence-electron chi connectivity index (χ1n) is 7.44. The van der Waals surface area contributed by atoms with E-state index in [4.69, 9.17) is 25.8 Å². The fourth-order valence-electron chi connectivity index (χ4n) is 2.13. The maximum atomic E-state index is 6.25. The molecule has 0 aliphatic carbocycles. The van der Waals surface area contributed by atoms with Gasteiger partial charge in [-0.05, 0) is 30.7 Å². The monoisotopic (exact) mass is 335 g/mol. The van der Waals surface area contributed by atoms with Gasteiger partial charge < -0.3 is 19.5 Å². The topological polar surface area (TPSA) is 39.7 Å². The van der Waals surface area contributed by atoms with Crippen molar-refractivity contribution in [2.45, 2.75) is 13.5 Å². The second-order valence-electron chi connectivity index (χ2n) is 5.14. The minimum Gasteiger partial charge on any atom is -0.493 e. The molecule has 0 saturated carbocycles. The first-order valence-corrected chi connectivity index (χ1v) is 7.82. The van der Waals surface area contributed by atoms with Crippen LogP contribution in [0.4, 0.5) is 0 Å². The summed E-state index contributed by atoms with van der Waals surface area (Å²) in [7, 11) is 3.20. The van der Waals surface area contributed by atoms with Crippen molar-refractivity contribution in [3.8, 4) is 17.2 Å². The summed E-state index contributed by atoms with van der Waals surface area (Å²) in [6, 6.07) is 11.7. The molecule has 0 aliphatic rings. The largest absolute Gasteiger partial charge is 0.493 e. The van der Waals surface area contributed by atoms with E-state index < -0.39 is 0 Å². The summed E-state index contributed by atoms with van der Waals surface area (Å²) in [6.07, 6.45) is 0. The summed E-state index contributed by atoms with van der Waals surface area (Å²) in [5.74, 6) is 2.18. The number of hydrogen-bond donors (Lipinski definition) is 1. The van der Waals surface area contributed by atoms with Gasteiger partial charge in [-0.25, -0.2) is 0 Å². The zero-order chi connectivity index (χ0) is 16.7. The smallest absolute Gasteiger partial charge is 0.162 e. The predicted molar refractivity (Wildman–Crippen MR) is 92.9 cm³/mol. The van der Waals surface area contributed by atoms with Gasteiger partial charge in [0.15, 0.2) is 11.5 Å². The van der Waals surface area contributed by atoms with Crippen LogP contribution in [0.15, 0.2) is 36.4 Å². The van der Waals surface area contributed by atoms with E-state index in [1.165, 1.54) is 5.56 Å². The maximum Gasteiger partial charge on any atom is 0.162 e. The van der Waals surface area contributed by atoms with Gasteiger partial charge in [0, 0.05) is 24.2 Å². The molecule has 0 bridgehead atoms. The Morgan fingerprint density at radius 1 is 1.00 bits per heavy atom. The number of ether oxygens (including phenoxy) is 3. The van der Waals surface area contributed by atoms with Crippen molar-refractivity contribution in [3.63, 3.8) is 0 Å². The summed E-state index contributed by atoms with van der Waals surface area (Å²) < 4.78 is 16.2. The Morgan fingerprint density at radius 2 is 1.65 bits per heavy atom. The molecule has 0 aromatic heterocycles. The number of halogens is 1. The normalized spacial score (nSPS) is 10.4. The van der Waals surface area contributed by atoms with Crippen molar-refractivity contribution in [2.75, 3.05) is 27.4 Å². The van der Waals surface area contributed by atoms with Gasteiger partial charge in [-0.1, -0.05) is 29.3 Å². The van der Waals surface area contributed by atoms with E-state index in [0.717, 1.165) is 17.9 Å². The third kappa shape index (κ3) is 5.05. The predicted octanol–water partition coefficient (Wildman–Crippen LogP) is 3.83. The second kappa shape index (κ2) is 8.65. The third-order valence-corrected chi connectivity index (χ3v) is 3.79. The van der Waals surface area contributed by atoms with Crippen LogP contribution in [0.2, 0.25) is 5.02 Å². The Morgan fingerprint density at radius 3 is 2.30 bits per heavy atom. The summed E-state index contributed by atoms with van der Waals surface area (Å²) in [6.45, 7) is 4.00. The molecule has 0 unspecified atom stereocenters. The van der Waals surface area contributed by atoms with Gasteiger partial charge in [0.2, 0.25) is 0 Å². The molecule has 0 heterocycles. The van der Waals surface area contributed by atoms with Crippen LogP contribution in [-0.4, -0.2) is 27.4 Å². The van der Waals surface area contributed by atoms with Crippen molar-refractivity contribution in [3.05, 3.63) is 52.5 Å². The Hall–Kier alpha value is -1.91. The first kappa shape index (κ1) is 17.4. The Labute approximate surface area is 142 Å². The quantitative estimate of drug-likeness (QED) is 0.744. The van der Waals surface area contributed by atoms with E-state index in [0.29, 0.717) is 29.7 Å². The van der Waals surface area contributed by atoms with Crippen molar-refractivity contribution in [1.29, 1.82) is 0 Å². The lowest BCUT2D eigenvalue weighted by atomic mass is 10.2. The summed E-state index contributed by atoms with van der Waals surface area (Å²) in [4.78, 5) is 0. The third-order valence-electron chi connectivity index (χ3n) is 3.44. The zero-order valence-corrected chi connectivity index (χ0v) is 14.4. The number of methoxy groups -OCH3 is 2. The second-order valence-corrected chi connectivity index (χ2v) is 5.54. The minimum atomic E-state index is 0.591. The maximum absolute atomic E-state index is 6.25. The Balaban J connectivity index is 1.81. The molecular formula is C18H22ClNO3. The van der Waals surface area contributed by atoms with E-state index in [1.807, 2.05) is 30.3 Å². The van der Waals surface area contributed by atoms with Gasteiger partial charge in [-0.15, -0.1) is 0 Å². The van der Waals surface area contributed by atoms with E-state index in [-0.39, 0.29) is 0 Å². The van der Waals surface area contributed by atoms with Crippen LogP contribution in [0, 0.1) is 6.92 Å². The number of rotatable bonds is 8. The molecular weight excluding hydrogens is 314 g/mol. The number of hydrogen-bond acceptors (Lipinski definition) is 4. The Bertz CT molecular complexity index is 629. The van der Waals surface area contributed by atoms with Gasteiger partial charge in [-0.3, -0.25) is 0 Å². The average Bonchev–Trinajstić information content (AvgIpc) is 2.57. The molecule has 5 heteroatoms. The first-order chi connectivity index (χ1) is 11.1. The van der Waals surface area contributed by atoms with E-state index in [9.17, 15) is 0 Å². The van der Waals surface area contributed by atoms with Crippen LogP contribution >= 0.6 is 11.6 Å². The molecule has 0 amide bonds. The molecule has 0 radical (unpaired) electrons. The van der Waals surface area contributed by atoms with E-state index >= 15 is 0 Å². The molecule has 0 saturated heterocycles. The summed E-state index contributed by atoms with van der Waals surface area (Å²) in [5.41, 5.74) is 2.18. The number of benzene rings is 2. The lowest BCUT2D eigenvalue weighted by Crippen LogP contribution is -2.20. The lowest BCUT2D eigenvalue weighted by Gasteiger charge is -2.12. The molecule has 2 aromatic rings. The molecule has 0 spiro atoms. The molecule has 4 nitrogen and oxygen atoms in total. The molecule has 0 aliphatic heterocycles. The van der Waals surface area contributed by atoms with Crippen LogP contribution in [0.25, 0.3) is 0 Å². The van der Waals surface area contributed by atoms with E-state index in [2.05, 4.69) is 12.2 Å². The highest BCUT2D eigenvalue weighted by Gasteiger charge is 2.09. The summed E-state index contributed by atoms with van der Waals surface area (Å²) >= 11 is 6.25. The van der Waals surface area contributed by atoms with E-state index in [1.54, 1.807) is 20.3 Å². The number of nitrogens with one attached hydrogen (secondary N) is 1. The van der Waals surface area contributed by atoms with Gasteiger partial charge in [-0.2, -0.15) is 0 Å². The van der Waals surface area contributed by atoms with Gasteiger partial charge in [0.25, 0.3) is 0 Å². The van der Waals surface area contributed by atoms with Crippen LogP contribution in [0.5, 0.6) is 17.2 Å². The fraction of sp³-hybridized carbons (Fsp3) is 0.333. The molecule has 2 aromatic carbocycles. The minimum absolute atomic E-state index is 0.591. The van der Waals surface area contributed by atoms with Crippen LogP contribution in [-0.2, 0) is 6.54 Å². The fourth-order valence-corrected chi connectivity index (χ4v) is 2.35.